The van der Waals surface area contributed by atoms with Crippen molar-refractivity contribution in [2.45, 2.75) is 5.92 Å². The number of nitrogens with two attached hydrogens (primary N) is 1. The summed E-state index contributed by atoms with van der Waals surface area (Å²) in [7, 11) is 0. The van der Waals surface area contributed by atoms with Crippen LogP contribution in [0.4, 0.5) is 0 Å². The Labute approximate surface area is 102 Å². The second-order valence-corrected chi connectivity index (χ2v) is 4.10. The molecule has 1 atom stereocenters. The van der Waals surface area contributed by atoms with Crippen molar-refractivity contribution in [3.63, 3.8) is 0 Å². The van der Waals surface area contributed by atoms with E-state index in [1.807, 2.05) is 30.3 Å². The van der Waals surface area contributed by atoms with E-state index < -0.39 is 0 Å². The summed E-state index contributed by atoms with van der Waals surface area (Å²) in [6.45, 7) is 0.572. The van der Waals surface area contributed by atoms with Crippen LogP contribution in [0.1, 0.15) is 11.5 Å². The Morgan fingerprint density at radius 2 is 1.47 bits per heavy atom. The molecule has 17 heavy (non-hydrogen) atoms. The van der Waals surface area contributed by atoms with Crippen molar-refractivity contribution in [1.29, 1.82) is 0 Å². The molecule has 0 aliphatic carbocycles. The van der Waals surface area contributed by atoms with Crippen LogP contribution in [0.5, 0.6) is 0 Å². The van der Waals surface area contributed by atoms with Gasteiger partial charge in [-0.05, 0) is 16.7 Å². The average molecular weight is 227 g/mol. The smallest absolute Gasteiger partial charge is 0.0511 e. The number of rotatable bonds is 4. The van der Waals surface area contributed by atoms with E-state index in [0.29, 0.717) is 6.54 Å². The van der Waals surface area contributed by atoms with Gasteiger partial charge >= 0.3 is 0 Å². The minimum Gasteiger partial charge on any atom is -0.396 e. The van der Waals surface area contributed by atoms with Gasteiger partial charge in [-0.25, -0.2) is 0 Å². The predicted molar refractivity (Wildman–Crippen MR) is 70.8 cm³/mol. The summed E-state index contributed by atoms with van der Waals surface area (Å²) in [5, 5.41) is 9.19. The third-order valence-corrected chi connectivity index (χ3v) is 2.99. The first-order valence-corrected chi connectivity index (χ1v) is 5.81. The predicted octanol–water partition coefficient (Wildman–Crippen LogP) is 2.39. The van der Waals surface area contributed by atoms with Crippen molar-refractivity contribution in [2.24, 2.45) is 5.73 Å². The third-order valence-electron chi connectivity index (χ3n) is 2.99. The van der Waals surface area contributed by atoms with Crippen molar-refractivity contribution in [2.75, 3.05) is 13.2 Å². The molecule has 0 spiro atoms. The monoisotopic (exact) mass is 227 g/mol. The van der Waals surface area contributed by atoms with Gasteiger partial charge in [-0.15, -0.1) is 0 Å². The first kappa shape index (κ1) is 11.8. The fraction of sp³-hybridized carbons (Fsp3) is 0.200. The molecule has 0 bridgehead atoms. The highest BCUT2D eigenvalue weighted by Crippen LogP contribution is 2.22. The lowest BCUT2D eigenvalue weighted by molar-refractivity contribution is 0.268. The Bertz CT molecular complexity index is 446. The normalized spacial score (nSPS) is 12.4. The number of aliphatic hydroxyl groups excluding tert-OH is 1. The van der Waals surface area contributed by atoms with Gasteiger partial charge in [0.2, 0.25) is 0 Å². The summed E-state index contributed by atoms with van der Waals surface area (Å²) in [6, 6.07) is 18.5. The van der Waals surface area contributed by atoms with Gasteiger partial charge in [0.25, 0.3) is 0 Å². The Hall–Kier alpha value is -1.64. The van der Waals surface area contributed by atoms with E-state index in [2.05, 4.69) is 24.3 Å². The van der Waals surface area contributed by atoms with E-state index in [-0.39, 0.29) is 12.5 Å². The molecule has 0 radical (unpaired) electrons. The van der Waals surface area contributed by atoms with Crippen LogP contribution in [0.15, 0.2) is 54.6 Å². The standard InChI is InChI=1S/C15H17NO/c16-10-15(11-17)14-8-6-13(7-9-14)12-4-2-1-3-5-12/h1-9,15,17H,10-11,16H2. The summed E-state index contributed by atoms with van der Waals surface area (Å²) >= 11 is 0. The molecule has 1 unspecified atom stereocenters. The minimum absolute atomic E-state index is 0.0415. The number of hydrogen-bond acceptors (Lipinski definition) is 2. The molecule has 0 aliphatic rings. The zero-order valence-electron chi connectivity index (χ0n) is 9.71. The van der Waals surface area contributed by atoms with Crippen LogP contribution in [0.3, 0.4) is 0 Å². The molecule has 2 heteroatoms. The second-order valence-electron chi connectivity index (χ2n) is 4.10. The molecule has 88 valence electrons. The lowest BCUT2D eigenvalue weighted by atomic mass is 9.97. The average Bonchev–Trinajstić information content (AvgIpc) is 2.42. The van der Waals surface area contributed by atoms with Crippen LogP contribution in [0.2, 0.25) is 0 Å². The fourth-order valence-corrected chi connectivity index (χ4v) is 1.89. The maximum absolute atomic E-state index is 9.19. The molecular weight excluding hydrogens is 210 g/mol. The highest BCUT2D eigenvalue weighted by Gasteiger charge is 2.07. The largest absolute Gasteiger partial charge is 0.396 e. The Morgan fingerprint density at radius 3 is 2.00 bits per heavy atom. The van der Waals surface area contributed by atoms with Gasteiger partial charge in [0, 0.05) is 12.5 Å². The topological polar surface area (TPSA) is 46.2 Å². The molecule has 2 rings (SSSR count). The molecule has 2 aromatic rings. The summed E-state index contributed by atoms with van der Waals surface area (Å²) in [4.78, 5) is 0. The second kappa shape index (κ2) is 5.62. The van der Waals surface area contributed by atoms with E-state index in [9.17, 15) is 5.11 Å². The first-order chi connectivity index (χ1) is 8.35. The Kier molecular flexibility index (Phi) is 3.91. The third kappa shape index (κ3) is 2.73. The molecule has 2 nitrogen and oxygen atoms in total. The number of benzene rings is 2. The van der Waals surface area contributed by atoms with E-state index in [4.69, 9.17) is 5.73 Å². The first-order valence-electron chi connectivity index (χ1n) is 5.81. The highest BCUT2D eigenvalue weighted by molar-refractivity contribution is 5.63. The van der Waals surface area contributed by atoms with Gasteiger partial charge in [-0.2, -0.15) is 0 Å². The van der Waals surface area contributed by atoms with Gasteiger partial charge < -0.3 is 10.8 Å². The molecule has 0 heterocycles. The zero-order chi connectivity index (χ0) is 12.1. The Balaban J connectivity index is 2.24. The minimum atomic E-state index is 0.0415. The maximum atomic E-state index is 9.19. The van der Waals surface area contributed by atoms with Gasteiger partial charge in [0.15, 0.2) is 0 Å². The van der Waals surface area contributed by atoms with E-state index in [0.717, 1.165) is 5.56 Å². The SMILES string of the molecule is NCC(CO)c1ccc(-c2ccccc2)cc1. The molecule has 0 amide bonds. The maximum Gasteiger partial charge on any atom is 0.0511 e. The molecule has 0 saturated heterocycles. The van der Waals surface area contributed by atoms with Gasteiger partial charge in [-0.1, -0.05) is 54.6 Å². The number of aliphatic hydroxyl groups is 1. The van der Waals surface area contributed by atoms with Crippen LogP contribution in [-0.4, -0.2) is 18.3 Å². The summed E-state index contributed by atoms with van der Waals surface area (Å²) < 4.78 is 0. The molecule has 3 N–H and O–H groups in total. The molecule has 0 fully saturated rings. The summed E-state index contributed by atoms with van der Waals surface area (Å²) in [5.41, 5.74) is 9.08. The van der Waals surface area contributed by atoms with Crippen LogP contribution >= 0.6 is 0 Å². The van der Waals surface area contributed by atoms with Crippen molar-refractivity contribution in [1.82, 2.24) is 0 Å². The molecular formula is C15H17NO. The quantitative estimate of drug-likeness (QED) is 0.842. The van der Waals surface area contributed by atoms with Gasteiger partial charge in [0.1, 0.15) is 0 Å². The molecule has 0 aliphatic heterocycles. The molecule has 0 saturated carbocycles. The summed E-state index contributed by atoms with van der Waals surface area (Å²) in [6.07, 6.45) is 0. The lowest BCUT2D eigenvalue weighted by Crippen LogP contribution is -2.15. The van der Waals surface area contributed by atoms with Gasteiger partial charge in [-0.3, -0.25) is 0 Å². The van der Waals surface area contributed by atoms with Crippen LogP contribution in [0.25, 0.3) is 11.1 Å². The summed E-state index contributed by atoms with van der Waals surface area (Å²) in [5.74, 6) is 0.0415. The molecule has 0 aromatic heterocycles. The fourth-order valence-electron chi connectivity index (χ4n) is 1.89. The lowest BCUT2D eigenvalue weighted by Gasteiger charge is -2.12. The van der Waals surface area contributed by atoms with Crippen molar-refractivity contribution < 1.29 is 5.11 Å². The van der Waals surface area contributed by atoms with E-state index in [1.165, 1.54) is 11.1 Å². The van der Waals surface area contributed by atoms with Crippen molar-refractivity contribution in [3.8, 4) is 11.1 Å². The van der Waals surface area contributed by atoms with Crippen LogP contribution < -0.4 is 5.73 Å². The zero-order valence-corrected chi connectivity index (χ0v) is 9.71. The highest BCUT2D eigenvalue weighted by atomic mass is 16.3. The Morgan fingerprint density at radius 1 is 0.882 bits per heavy atom. The molecule has 2 aromatic carbocycles. The van der Waals surface area contributed by atoms with Crippen molar-refractivity contribution >= 4 is 0 Å². The number of hydrogen-bond donors (Lipinski definition) is 2. The van der Waals surface area contributed by atoms with E-state index in [1.54, 1.807) is 0 Å². The van der Waals surface area contributed by atoms with Crippen molar-refractivity contribution in [3.05, 3.63) is 60.2 Å². The van der Waals surface area contributed by atoms with Crippen LogP contribution in [0, 0.1) is 0 Å². The van der Waals surface area contributed by atoms with Gasteiger partial charge in [0.05, 0.1) is 6.61 Å². The van der Waals surface area contributed by atoms with Crippen LogP contribution in [-0.2, 0) is 0 Å². The van der Waals surface area contributed by atoms with E-state index >= 15 is 0 Å².